The normalized spacial score (nSPS) is 9.95. The predicted octanol–water partition coefficient (Wildman–Crippen LogP) is 3.26. The highest BCUT2D eigenvalue weighted by Crippen LogP contribution is 2.17. The number of ether oxygens (including phenoxy) is 1. The van der Waals surface area contributed by atoms with Crippen LogP contribution < -0.4 is 10.6 Å². The largest absolute Gasteiger partial charge is 0.465 e. The Hall–Kier alpha value is -1.62. The first-order chi connectivity index (χ1) is 9.58. The fourth-order valence-electron chi connectivity index (χ4n) is 1.74. The molecule has 0 unspecified atom stereocenters. The van der Waals surface area contributed by atoms with Crippen LogP contribution in [0.25, 0.3) is 0 Å². The van der Waals surface area contributed by atoms with Crippen LogP contribution in [0, 0.1) is 6.92 Å². The molecule has 0 heterocycles. The third-order valence-electron chi connectivity index (χ3n) is 2.97. The summed E-state index contributed by atoms with van der Waals surface area (Å²) in [6.07, 6.45) is 3.47. The number of esters is 1. The Labute approximate surface area is 125 Å². The monoisotopic (exact) mass is 294 g/mol. The second-order valence-electron chi connectivity index (χ2n) is 4.61. The van der Waals surface area contributed by atoms with E-state index in [1.54, 1.807) is 12.1 Å². The lowest BCUT2D eigenvalue weighted by molar-refractivity contribution is 0.0601. The molecule has 0 aliphatic carbocycles. The fourth-order valence-corrected chi connectivity index (χ4v) is 1.96. The second-order valence-corrected chi connectivity index (χ2v) is 5.02. The minimum absolute atomic E-state index is 0.352. The zero-order valence-corrected chi connectivity index (χ0v) is 13.1. The molecule has 1 aromatic rings. The molecule has 0 spiro atoms. The predicted molar refractivity (Wildman–Crippen MR) is 86.3 cm³/mol. The van der Waals surface area contributed by atoms with Crippen molar-refractivity contribution in [1.29, 1.82) is 0 Å². The number of hydrogen-bond donors (Lipinski definition) is 2. The molecule has 0 saturated heterocycles. The van der Waals surface area contributed by atoms with Crippen molar-refractivity contribution in [2.45, 2.75) is 33.1 Å². The molecule has 0 fully saturated rings. The summed E-state index contributed by atoms with van der Waals surface area (Å²) < 4.78 is 4.71. The van der Waals surface area contributed by atoms with Gasteiger partial charge in [0.15, 0.2) is 5.11 Å². The summed E-state index contributed by atoms with van der Waals surface area (Å²) in [4.78, 5) is 11.5. The van der Waals surface area contributed by atoms with Crippen LogP contribution in [-0.2, 0) is 4.74 Å². The molecule has 0 saturated carbocycles. The van der Waals surface area contributed by atoms with Gasteiger partial charge in [-0.15, -0.1) is 0 Å². The molecule has 1 aromatic carbocycles. The third-order valence-corrected chi connectivity index (χ3v) is 3.22. The van der Waals surface area contributed by atoms with Crippen molar-refractivity contribution >= 4 is 29.0 Å². The van der Waals surface area contributed by atoms with Gasteiger partial charge in [-0.3, -0.25) is 0 Å². The molecule has 5 heteroatoms. The van der Waals surface area contributed by atoms with E-state index in [-0.39, 0.29) is 5.97 Å². The topological polar surface area (TPSA) is 50.4 Å². The summed E-state index contributed by atoms with van der Waals surface area (Å²) in [5, 5.41) is 6.85. The molecule has 0 aromatic heterocycles. The van der Waals surface area contributed by atoms with Crippen LogP contribution in [0.2, 0.25) is 0 Å². The Morgan fingerprint density at radius 2 is 2.10 bits per heavy atom. The molecule has 0 amide bonds. The number of methoxy groups -OCH3 is 1. The minimum Gasteiger partial charge on any atom is -0.465 e. The molecule has 0 aliphatic rings. The minimum atomic E-state index is -0.352. The summed E-state index contributed by atoms with van der Waals surface area (Å²) in [5.74, 6) is -0.352. The van der Waals surface area contributed by atoms with Crippen LogP contribution in [0.3, 0.4) is 0 Å². The smallest absolute Gasteiger partial charge is 0.337 e. The van der Waals surface area contributed by atoms with Gasteiger partial charge in [0.1, 0.15) is 0 Å². The van der Waals surface area contributed by atoms with Crippen LogP contribution in [0.1, 0.15) is 42.1 Å². The van der Waals surface area contributed by atoms with E-state index in [9.17, 15) is 4.79 Å². The van der Waals surface area contributed by atoms with Crippen LogP contribution in [0.4, 0.5) is 5.69 Å². The third kappa shape index (κ3) is 5.17. The lowest BCUT2D eigenvalue weighted by Gasteiger charge is -2.13. The van der Waals surface area contributed by atoms with E-state index in [2.05, 4.69) is 17.6 Å². The summed E-state index contributed by atoms with van der Waals surface area (Å²) in [5.41, 5.74) is 2.35. The van der Waals surface area contributed by atoms with Gasteiger partial charge in [0.05, 0.1) is 12.7 Å². The highest BCUT2D eigenvalue weighted by molar-refractivity contribution is 7.80. The lowest BCUT2D eigenvalue weighted by atomic mass is 10.1. The molecule has 1 rings (SSSR count). The molecule has 4 nitrogen and oxygen atoms in total. The highest BCUT2D eigenvalue weighted by atomic mass is 32.1. The van der Waals surface area contributed by atoms with Gasteiger partial charge in [0.25, 0.3) is 0 Å². The van der Waals surface area contributed by atoms with Crippen molar-refractivity contribution in [2.75, 3.05) is 19.0 Å². The molecule has 20 heavy (non-hydrogen) atoms. The maximum atomic E-state index is 11.5. The van der Waals surface area contributed by atoms with E-state index in [1.807, 2.05) is 13.0 Å². The molecular weight excluding hydrogens is 272 g/mol. The number of hydrogen-bond acceptors (Lipinski definition) is 3. The standard InChI is InChI=1S/C15H22N2O2S/c1-4-5-6-9-16-15(20)17-13-10-12(14(18)19-3)8-7-11(13)2/h7-8,10H,4-6,9H2,1-3H3,(H2,16,17,20). The van der Waals surface area contributed by atoms with Crippen LogP contribution >= 0.6 is 12.2 Å². The number of unbranched alkanes of at least 4 members (excludes halogenated alkanes) is 2. The summed E-state index contributed by atoms with van der Waals surface area (Å²) in [6.45, 7) is 4.98. The van der Waals surface area contributed by atoms with Gasteiger partial charge in [-0.25, -0.2) is 4.79 Å². The Balaban J connectivity index is 2.62. The maximum Gasteiger partial charge on any atom is 0.337 e. The molecule has 2 N–H and O–H groups in total. The van der Waals surface area contributed by atoms with Crippen molar-refractivity contribution in [2.24, 2.45) is 0 Å². The van der Waals surface area contributed by atoms with Crippen molar-refractivity contribution < 1.29 is 9.53 Å². The Bertz CT molecular complexity index is 475. The van der Waals surface area contributed by atoms with E-state index in [0.717, 1.165) is 24.2 Å². The first-order valence-electron chi connectivity index (χ1n) is 6.82. The first kappa shape index (κ1) is 16.4. The molecule has 0 bridgehead atoms. The Morgan fingerprint density at radius 1 is 1.35 bits per heavy atom. The zero-order chi connectivity index (χ0) is 15.0. The van der Waals surface area contributed by atoms with Crippen molar-refractivity contribution in [3.63, 3.8) is 0 Å². The second kappa shape index (κ2) is 8.53. The molecule has 0 radical (unpaired) electrons. The average molecular weight is 294 g/mol. The number of nitrogens with one attached hydrogen (secondary N) is 2. The maximum absolute atomic E-state index is 11.5. The SMILES string of the molecule is CCCCCNC(=S)Nc1cc(C(=O)OC)ccc1C. The summed E-state index contributed by atoms with van der Waals surface area (Å²) in [6, 6.07) is 5.36. The number of carbonyl (C=O) groups excluding carboxylic acids is 1. The molecule has 0 atom stereocenters. The Kier molecular flexibility index (Phi) is 7.01. The van der Waals surface area contributed by atoms with Gasteiger partial charge < -0.3 is 15.4 Å². The number of benzene rings is 1. The molecular formula is C15H22N2O2S. The Morgan fingerprint density at radius 3 is 2.75 bits per heavy atom. The van der Waals surface area contributed by atoms with E-state index in [1.165, 1.54) is 20.0 Å². The number of carbonyl (C=O) groups is 1. The lowest BCUT2D eigenvalue weighted by Crippen LogP contribution is -2.29. The fraction of sp³-hybridized carbons (Fsp3) is 0.467. The van der Waals surface area contributed by atoms with Gasteiger partial charge in [-0.1, -0.05) is 25.8 Å². The molecule has 0 aliphatic heterocycles. The average Bonchev–Trinajstić information content (AvgIpc) is 2.45. The van der Waals surface area contributed by atoms with E-state index in [4.69, 9.17) is 17.0 Å². The van der Waals surface area contributed by atoms with Gasteiger partial charge in [-0.2, -0.15) is 0 Å². The van der Waals surface area contributed by atoms with E-state index in [0.29, 0.717) is 10.7 Å². The highest BCUT2D eigenvalue weighted by Gasteiger charge is 2.08. The zero-order valence-electron chi connectivity index (χ0n) is 12.3. The van der Waals surface area contributed by atoms with Gasteiger partial charge in [0.2, 0.25) is 0 Å². The van der Waals surface area contributed by atoms with Gasteiger partial charge in [-0.05, 0) is 43.3 Å². The van der Waals surface area contributed by atoms with Crippen LogP contribution in [-0.4, -0.2) is 24.7 Å². The number of aryl methyl sites for hydroxylation is 1. The quantitative estimate of drug-likeness (QED) is 0.479. The van der Waals surface area contributed by atoms with Crippen molar-refractivity contribution in [3.05, 3.63) is 29.3 Å². The van der Waals surface area contributed by atoms with Gasteiger partial charge in [0, 0.05) is 12.2 Å². The molecule has 110 valence electrons. The van der Waals surface area contributed by atoms with E-state index < -0.39 is 0 Å². The van der Waals surface area contributed by atoms with Crippen LogP contribution in [0.5, 0.6) is 0 Å². The number of thiocarbonyl (C=S) groups is 1. The number of rotatable bonds is 6. The van der Waals surface area contributed by atoms with Crippen LogP contribution in [0.15, 0.2) is 18.2 Å². The van der Waals surface area contributed by atoms with E-state index >= 15 is 0 Å². The first-order valence-corrected chi connectivity index (χ1v) is 7.23. The van der Waals surface area contributed by atoms with Gasteiger partial charge >= 0.3 is 5.97 Å². The summed E-state index contributed by atoms with van der Waals surface area (Å²) in [7, 11) is 1.37. The number of anilines is 1. The summed E-state index contributed by atoms with van der Waals surface area (Å²) >= 11 is 5.24. The van der Waals surface area contributed by atoms with Crippen molar-refractivity contribution in [1.82, 2.24) is 5.32 Å². The van der Waals surface area contributed by atoms with Crippen molar-refractivity contribution in [3.8, 4) is 0 Å².